The van der Waals surface area contributed by atoms with Crippen LogP contribution in [-0.2, 0) is 4.79 Å². The maximum absolute atomic E-state index is 11.5. The summed E-state index contributed by atoms with van der Waals surface area (Å²) in [6.07, 6.45) is 4.05. The van der Waals surface area contributed by atoms with Gasteiger partial charge in [0.25, 0.3) is 0 Å². The summed E-state index contributed by atoms with van der Waals surface area (Å²) in [4.78, 5) is 19.8. The van der Waals surface area contributed by atoms with Crippen LogP contribution >= 0.6 is 11.8 Å². The van der Waals surface area contributed by atoms with Gasteiger partial charge in [0.1, 0.15) is 0 Å². The molecule has 1 unspecified atom stereocenters. The smallest absolute Gasteiger partial charge is 0.237 e. The second kappa shape index (κ2) is 6.70. The van der Waals surface area contributed by atoms with Crippen molar-refractivity contribution in [3.8, 4) is 0 Å². The van der Waals surface area contributed by atoms with E-state index in [2.05, 4.69) is 15.3 Å². The van der Waals surface area contributed by atoms with E-state index in [0.29, 0.717) is 11.6 Å². The zero-order valence-corrected chi connectivity index (χ0v) is 11.8. The number of hydrogen-bond donors (Lipinski definition) is 2. The fourth-order valence-corrected chi connectivity index (χ4v) is 2.57. The molecule has 5 nitrogen and oxygen atoms in total. The number of rotatable bonds is 7. The molecule has 1 aromatic rings. The lowest BCUT2D eigenvalue weighted by molar-refractivity contribution is -0.124. The van der Waals surface area contributed by atoms with E-state index in [-0.39, 0.29) is 11.9 Å². The van der Waals surface area contributed by atoms with Gasteiger partial charge in [0, 0.05) is 24.2 Å². The van der Waals surface area contributed by atoms with Crippen molar-refractivity contribution in [3.63, 3.8) is 0 Å². The van der Waals surface area contributed by atoms with E-state index in [1.807, 2.05) is 20.8 Å². The maximum atomic E-state index is 11.5. The number of hydrogen-bond acceptors (Lipinski definition) is 5. The van der Waals surface area contributed by atoms with E-state index in [1.165, 1.54) is 11.8 Å². The fourth-order valence-electron chi connectivity index (χ4n) is 1.61. The van der Waals surface area contributed by atoms with Crippen LogP contribution < -0.4 is 11.1 Å². The van der Waals surface area contributed by atoms with Gasteiger partial charge in [0.15, 0.2) is 5.16 Å². The minimum atomic E-state index is -0.685. The lowest BCUT2D eigenvalue weighted by Gasteiger charge is -2.29. The third-order valence-electron chi connectivity index (χ3n) is 2.53. The molecule has 0 radical (unpaired) electrons. The van der Waals surface area contributed by atoms with Crippen LogP contribution in [0.3, 0.4) is 0 Å². The van der Waals surface area contributed by atoms with E-state index in [9.17, 15) is 4.79 Å². The standard InChI is InChI=1S/C12H20N4OS/c1-9(2)16-12(3,10(13)17)5-8-18-11-14-6-4-7-15-11/h4,6-7,9,16H,5,8H2,1-3H3,(H2,13,17). The Kier molecular flexibility index (Phi) is 5.55. The minimum absolute atomic E-state index is 0.209. The lowest BCUT2D eigenvalue weighted by atomic mass is 9.97. The molecule has 0 spiro atoms. The number of primary amides is 1. The molecular formula is C12H20N4OS. The molecule has 0 aliphatic rings. The van der Waals surface area contributed by atoms with Gasteiger partial charge in [-0.25, -0.2) is 9.97 Å². The lowest BCUT2D eigenvalue weighted by Crippen LogP contribution is -2.55. The Morgan fingerprint density at radius 2 is 2.11 bits per heavy atom. The Hall–Kier alpha value is -1.14. The number of nitrogens with one attached hydrogen (secondary N) is 1. The van der Waals surface area contributed by atoms with E-state index in [4.69, 9.17) is 5.73 Å². The highest BCUT2D eigenvalue weighted by Gasteiger charge is 2.30. The summed E-state index contributed by atoms with van der Waals surface area (Å²) in [6.45, 7) is 5.82. The largest absolute Gasteiger partial charge is 0.368 e. The van der Waals surface area contributed by atoms with Crippen LogP contribution in [0.1, 0.15) is 27.2 Å². The molecule has 1 amide bonds. The van der Waals surface area contributed by atoms with Crippen LogP contribution in [0.4, 0.5) is 0 Å². The molecular weight excluding hydrogens is 248 g/mol. The first kappa shape index (κ1) is 14.9. The molecule has 1 heterocycles. The molecule has 3 N–H and O–H groups in total. The molecule has 0 saturated heterocycles. The Labute approximate surface area is 112 Å². The van der Waals surface area contributed by atoms with Crippen LogP contribution in [0.2, 0.25) is 0 Å². The average Bonchev–Trinajstić information content (AvgIpc) is 2.29. The molecule has 0 aliphatic carbocycles. The molecule has 1 aromatic heterocycles. The van der Waals surface area contributed by atoms with Gasteiger partial charge < -0.3 is 11.1 Å². The van der Waals surface area contributed by atoms with Crippen molar-refractivity contribution >= 4 is 17.7 Å². The van der Waals surface area contributed by atoms with Crippen molar-refractivity contribution < 1.29 is 4.79 Å². The summed E-state index contributed by atoms with van der Waals surface area (Å²) in [5, 5.41) is 3.93. The molecule has 1 atom stereocenters. The fraction of sp³-hybridized carbons (Fsp3) is 0.583. The molecule has 0 aliphatic heterocycles. The number of carbonyl (C=O) groups is 1. The van der Waals surface area contributed by atoms with Gasteiger partial charge in [-0.2, -0.15) is 0 Å². The minimum Gasteiger partial charge on any atom is -0.368 e. The van der Waals surface area contributed by atoms with Crippen LogP contribution in [0.15, 0.2) is 23.6 Å². The quantitative estimate of drug-likeness (QED) is 0.573. The first-order valence-corrected chi connectivity index (χ1v) is 6.90. The number of thioether (sulfide) groups is 1. The highest BCUT2D eigenvalue weighted by Crippen LogP contribution is 2.18. The first-order valence-electron chi connectivity index (χ1n) is 5.91. The summed E-state index contributed by atoms with van der Waals surface area (Å²) in [5.74, 6) is 0.411. The predicted molar refractivity (Wildman–Crippen MR) is 73.2 cm³/mol. The van der Waals surface area contributed by atoms with Crippen molar-refractivity contribution in [2.75, 3.05) is 5.75 Å². The Balaban J connectivity index is 2.50. The summed E-state index contributed by atoms with van der Waals surface area (Å²) in [6, 6.07) is 1.98. The average molecular weight is 268 g/mol. The Bertz CT molecular complexity index is 385. The van der Waals surface area contributed by atoms with Gasteiger partial charge in [-0.1, -0.05) is 11.8 Å². The van der Waals surface area contributed by atoms with Crippen molar-refractivity contribution in [3.05, 3.63) is 18.5 Å². The zero-order chi connectivity index (χ0) is 13.6. The maximum Gasteiger partial charge on any atom is 0.237 e. The van der Waals surface area contributed by atoms with Crippen molar-refractivity contribution in [1.82, 2.24) is 15.3 Å². The van der Waals surface area contributed by atoms with Crippen LogP contribution in [-0.4, -0.2) is 33.2 Å². The van der Waals surface area contributed by atoms with Gasteiger partial charge in [0.05, 0.1) is 5.54 Å². The van der Waals surface area contributed by atoms with Gasteiger partial charge in [-0.3, -0.25) is 4.79 Å². The molecule has 0 saturated carbocycles. The van der Waals surface area contributed by atoms with E-state index in [1.54, 1.807) is 18.5 Å². The second-order valence-corrected chi connectivity index (χ2v) is 5.69. The van der Waals surface area contributed by atoms with Crippen LogP contribution in [0.5, 0.6) is 0 Å². The van der Waals surface area contributed by atoms with Crippen molar-refractivity contribution in [2.45, 2.75) is 43.9 Å². The Morgan fingerprint density at radius 3 is 2.61 bits per heavy atom. The summed E-state index contributed by atoms with van der Waals surface area (Å²) >= 11 is 1.52. The molecule has 0 bridgehead atoms. The number of amides is 1. The third kappa shape index (κ3) is 4.62. The topological polar surface area (TPSA) is 80.9 Å². The Morgan fingerprint density at radius 1 is 1.50 bits per heavy atom. The number of nitrogens with two attached hydrogens (primary N) is 1. The van der Waals surface area contributed by atoms with Crippen molar-refractivity contribution in [1.29, 1.82) is 0 Å². The molecule has 0 fully saturated rings. The summed E-state index contributed by atoms with van der Waals surface area (Å²) in [7, 11) is 0. The van der Waals surface area contributed by atoms with Gasteiger partial charge in [-0.15, -0.1) is 0 Å². The van der Waals surface area contributed by atoms with Crippen LogP contribution in [0, 0.1) is 0 Å². The highest BCUT2D eigenvalue weighted by atomic mass is 32.2. The van der Waals surface area contributed by atoms with Crippen molar-refractivity contribution in [2.24, 2.45) is 5.73 Å². The van der Waals surface area contributed by atoms with Crippen LogP contribution in [0.25, 0.3) is 0 Å². The summed E-state index contributed by atoms with van der Waals surface area (Å²) < 4.78 is 0. The molecule has 100 valence electrons. The monoisotopic (exact) mass is 268 g/mol. The SMILES string of the molecule is CC(C)NC(C)(CCSc1ncccn1)C(N)=O. The van der Waals surface area contributed by atoms with E-state index in [0.717, 1.165) is 5.75 Å². The van der Waals surface area contributed by atoms with E-state index >= 15 is 0 Å². The summed E-state index contributed by atoms with van der Waals surface area (Å²) in [5.41, 5.74) is 4.77. The zero-order valence-electron chi connectivity index (χ0n) is 11.0. The predicted octanol–water partition coefficient (Wildman–Crippen LogP) is 1.20. The normalized spacial score (nSPS) is 14.4. The van der Waals surface area contributed by atoms with Gasteiger partial charge >= 0.3 is 0 Å². The van der Waals surface area contributed by atoms with E-state index < -0.39 is 5.54 Å². The number of nitrogens with zero attached hydrogens (tertiary/aromatic N) is 2. The third-order valence-corrected chi connectivity index (χ3v) is 3.40. The molecule has 18 heavy (non-hydrogen) atoms. The number of aromatic nitrogens is 2. The molecule has 0 aromatic carbocycles. The van der Waals surface area contributed by atoms with Gasteiger partial charge in [0.2, 0.25) is 5.91 Å². The first-order chi connectivity index (χ1) is 8.44. The highest BCUT2D eigenvalue weighted by molar-refractivity contribution is 7.99. The molecule has 1 rings (SSSR count). The van der Waals surface area contributed by atoms with Gasteiger partial charge in [-0.05, 0) is 33.3 Å². The number of carbonyl (C=O) groups excluding carboxylic acids is 1. The molecule has 6 heteroatoms. The second-order valence-electron chi connectivity index (χ2n) is 4.63.